The van der Waals surface area contributed by atoms with Gasteiger partial charge in [0.2, 0.25) is 5.89 Å². The normalized spacial score (nSPS) is 17.4. The molecule has 0 aliphatic heterocycles. The summed E-state index contributed by atoms with van der Waals surface area (Å²) in [7, 11) is 0. The number of hydrogen-bond donors (Lipinski definition) is 2. The molecule has 5 heteroatoms. The molecule has 88 valence electrons. The van der Waals surface area contributed by atoms with E-state index >= 15 is 0 Å². The summed E-state index contributed by atoms with van der Waals surface area (Å²) in [4.78, 5) is 0. The molecule has 1 atom stereocenters. The maximum Gasteiger partial charge on any atom is 0.315 e. The molecule has 1 aliphatic rings. The molecular formula is C12H14N4O. The fraction of sp³-hybridized carbons (Fsp3) is 0.333. The molecule has 1 unspecified atom stereocenters. The maximum absolute atomic E-state index is 5.40. The lowest BCUT2D eigenvalue weighted by molar-refractivity contribution is 0.502. The zero-order chi connectivity index (χ0) is 11.7. The van der Waals surface area contributed by atoms with E-state index in [1.807, 2.05) is 0 Å². The summed E-state index contributed by atoms with van der Waals surface area (Å²) in [6.07, 6.45) is 1.11. The van der Waals surface area contributed by atoms with Gasteiger partial charge < -0.3 is 15.5 Å². The SMILES string of the molecule is NCc1nnc(NCC2Cc3ccccc32)o1. The molecule has 0 spiro atoms. The van der Waals surface area contributed by atoms with Crippen molar-refractivity contribution in [3.8, 4) is 0 Å². The highest BCUT2D eigenvalue weighted by atomic mass is 16.4. The molecule has 3 N–H and O–H groups in total. The van der Waals surface area contributed by atoms with Crippen molar-refractivity contribution in [2.75, 3.05) is 11.9 Å². The van der Waals surface area contributed by atoms with Crippen LogP contribution in [0.15, 0.2) is 28.7 Å². The standard InChI is InChI=1S/C12H14N4O/c13-6-11-15-16-12(17-11)14-7-9-5-8-3-1-2-4-10(8)9/h1-4,9H,5-7,13H2,(H,14,16). The van der Waals surface area contributed by atoms with Gasteiger partial charge in [-0.15, -0.1) is 5.10 Å². The van der Waals surface area contributed by atoms with Crippen LogP contribution in [0.4, 0.5) is 6.01 Å². The number of hydrogen-bond acceptors (Lipinski definition) is 5. The molecule has 0 bridgehead atoms. The van der Waals surface area contributed by atoms with E-state index in [1.165, 1.54) is 11.1 Å². The van der Waals surface area contributed by atoms with E-state index in [2.05, 4.69) is 39.8 Å². The average Bonchev–Trinajstić information content (AvgIpc) is 2.78. The van der Waals surface area contributed by atoms with E-state index in [0.29, 0.717) is 17.8 Å². The van der Waals surface area contributed by atoms with Crippen LogP contribution in [0.1, 0.15) is 22.9 Å². The van der Waals surface area contributed by atoms with Crippen molar-refractivity contribution in [3.63, 3.8) is 0 Å². The predicted molar refractivity (Wildman–Crippen MR) is 63.6 cm³/mol. The quantitative estimate of drug-likeness (QED) is 0.827. The molecule has 17 heavy (non-hydrogen) atoms. The summed E-state index contributed by atoms with van der Waals surface area (Å²) in [5.74, 6) is 1.00. The lowest BCUT2D eigenvalue weighted by Crippen LogP contribution is -2.24. The molecule has 5 nitrogen and oxygen atoms in total. The van der Waals surface area contributed by atoms with Crippen LogP contribution in [0.3, 0.4) is 0 Å². The Morgan fingerprint density at radius 1 is 1.35 bits per heavy atom. The van der Waals surface area contributed by atoms with Crippen molar-refractivity contribution in [2.24, 2.45) is 5.73 Å². The van der Waals surface area contributed by atoms with Gasteiger partial charge in [-0.2, -0.15) is 0 Å². The van der Waals surface area contributed by atoms with E-state index in [1.54, 1.807) is 0 Å². The number of aromatic nitrogens is 2. The fourth-order valence-corrected chi connectivity index (χ4v) is 2.16. The highest BCUT2D eigenvalue weighted by Gasteiger charge is 2.25. The van der Waals surface area contributed by atoms with Gasteiger partial charge in [0.15, 0.2) is 0 Å². The van der Waals surface area contributed by atoms with Gasteiger partial charge >= 0.3 is 6.01 Å². The summed E-state index contributed by atoms with van der Waals surface area (Å²) >= 11 is 0. The van der Waals surface area contributed by atoms with Crippen LogP contribution in [0.2, 0.25) is 0 Å². The number of anilines is 1. The number of nitrogens with zero attached hydrogens (tertiary/aromatic N) is 2. The molecular weight excluding hydrogens is 216 g/mol. The Kier molecular flexibility index (Phi) is 2.53. The summed E-state index contributed by atoms with van der Waals surface area (Å²) in [6.45, 7) is 1.10. The predicted octanol–water partition coefficient (Wildman–Crippen LogP) is 1.28. The van der Waals surface area contributed by atoms with Crippen LogP contribution in [0.5, 0.6) is 0 Å². The molecule has 0 fully saturated rings. The van der Waals surface area contributed by atoms with E-state index in [0.717, 1.165) is 13.0 Å². The van der Waals surface area contributed by atoms with Crippen LogP contribution >= 0.6 is 0 Å². The highest BCUT2D eigenvalue weighted by molar-refractivity contribution is 5.41. The summed E-state index contributed by atoms with van der Waals surface area (Å²) < 4.78 is 5.28. The number of benzene rings is 1. The van der Waals surface area contributed by atoms with Crippen LogP contribution in [0.25, 0.3) is 0 Å². The number of nitrogens with one attached hydrogen (secondary N) is 1. The van der Waals surface area contributed by atoms with Crippen LogP contribution in [0, 0.1) is 0 Å². The first-order valence-electron chi connectivity index (χ1n) is 5.71. The third-order valence-electron chi connectivity index (χ3n) is 3.10. The molecule has 0 saturated heterocycles. The van der Waals surface area contributed by atoms with E-state index in [4.69, 9.17) is 10.2 Å². The first kappa shape index (κ1) is 10.3. The van der Waals surface area contributed by atoms with Gasteiger partial charge in [-0.3, -0.25) is 0 Å². The molecule has 3 rings (SSSR count). The number of nitrogens with two attached hydrogens (primary N) is 1. The minimum absolute atomic E-state index is 0.279. The van der Waals surface area contributed by atoms with Gasteiger partial charge in [0, 0.05) is 12.5 Å². The average molecular weight is 230 g/mol. The maximum atomic E-state index is 5.40. The van der Waals surface area contributed by atoms with Crippen molar-refractivity contribution >= 4 is 6.01 Å². The molecule has 2 aromatic rings. The van der Waals surface area contributed by atoms with E-state index in [-0.39, 0.29) is 6.54 Å². The fourth-order valence-electron chi connectivity index (χ4n) is 2.16. The molecule has 1 heterocycles. The van der Waals surface area contributed by atoms with Crippen molar-refractivity contribution in [1.82, 2.24) is 10.2 Å². The first-order chi connectivity index (χ1) is 8.36. The van der Waals surface area contributed by atoms with Crippen molar-refractivity contribution < 1.29 is 4.42 Å². The zero-order valence-corrected chi connectivity index (χ0v) is 9.39. The topological polar surface area (TPSA) is 77.0 Å². The van der Waals surface area contributed by atoms with Gasteiger partial charge in [-0.05, 0) is 17.5 Å². The Bertz CT molecular complexity index is 523. The highest BCUT2D eigenvalue weighted by Crippen LogP contribution is 2.34. The Labute approximate surface area is 99.0 Å². The van der Waals surface area contributed by atoms with Crippen molar-refractivity contribution in [3.05, 3.63) is 41.3 Å². The Morgan fingerprint density at radius 3 is 3.00 bits per heavy atom. The lowest BCUT2D eigenvalue weighted by Gasteiger charge is -2.29. The Hall–Kier alpha value is -1.88. The second kappa shape index (κ2) is 4.18. The Morgan fingerprint density at radius 2 is 2.24 bits per heavy atom. The van der Waals surface area contributed by atoms with E-state index in [9.17, 15) is 0 Å². The lowest BCUT2D eigenvalue weighted by atomic mass is 9.78. The summed E-state index contributed by atoms with van der Waals surface area (Å²) in [5, 5.41) is 10.8. The minimum atomic E-state index is 0.279. The summed E-state index contributed by atoms with van der Waals surface area (Å²) in [6, 6.07) is 8.95. The van der Waals surface area contributed by atoms with Crippen molar-refractivity contribution in [1.29, 1.82) is 0 Å². The summed E-state index contributed by atoms with van der Waals surface area (Å²) in [5.41, 5.74) is 8.25. The third kappa shape index (κ3) is 1.89. The third-order valence-corrected chi connectivity index (χ3v) is 3.10. The number of rotatable bonds is 4. The first-order valence-corrected chi connectivity index (χ1v) is 5.71. The second-order valence-corrected chi connectivity index (χ2v) is 4.19. The molecule has 1 aromatic heterocycles. The monoisotopic (exact) mass is 230 g/mol. The van der Waals surface area contributed by atoms with Gasteiger partial charge in [-0.1, -0.05) is 29.4 Å². The van der Waals surface area contributed by atoms with Gasteiger partial charge in [0.1, 0.15) is 0 Å². The number of fused-ring (bicyclic) bond motifs is 1. The van der Waals surface area contributed by atoms with Gasteiger partial charge in [0.05, 0.1) is 6.54 Å². The van der Waals surface area contributed by atoms with Gasteiger partial charge in [0.25, 0.3) is 0 Å². The van der Waals surface area contributed by atoms with Crippen LogP contribution in [-0.2, 0) is 13.0 Å². The smallest absolute Gasteiger partial charge is 0.315 e. The zero-order valence-electron chi connectivity index (χ0n) is 9.39. The van der Waals surface area contributed by atoms with Crippen LogP contribution in [-0.4, -0.2) is 16.7 Å². The largest absolute Gasteiger partial charge is 0.407 e. The molecule has 1 aliphatic carbocycles. The Balaban J connectivity index is 1.60. The van der Waals surface area contributed by atoms with E-state index < -0.39 is 0 Å². The molecule has 1 aromatic carbocycles. The van der Waals surface area contributed by atoms with Crippen molar-refractivity contribution in [2.45, 2.75) is 18.9 Å². The second-order valence-electron chi connectivity index (χ2n) is 4.19. The molecule has 0 radical (unpaired) electrons. The molecule has 0 saturated carbocycles. The van der Waals surface area contributed by atoms with Gasteiger partial charge in [-0.25, -0.2) is 0 Å². The van der Waals surface area contributed by atoms with Crippen LogP contribution < -0.4 is 11.1 Å². The molecule has 0 amide bonds. The minimum Gasteiger partial charge on any atom is -0.407 e.